The van der Waals surface area contributed by atoms with Crippen LogP contribution in [0.2, 0.25) is 0 Å². The number of phosphoric ester groups is 1. The molecule has 0 atom stereocenters. The number of benzene rings is 2. The maximum atomic E-state index is 13.8. The highest BCUT2D eigenvalue weighted by Gasteiger charge is 2.20. The van der Waals surface area contributed by atoms with Crippen LogP contribution in [0.25, 0.3) is 10.9 Å². The zero-order valence-corrected chi connectivity index (χ0v) is 24.3. The van der Waals surface area contributed by atoms with Crippen molar-refractivity contribution in [2.75, 3.05) is 30.4 Å². The normalized spacial score (nSPS) is 12.0. The Morgan fingerprint density at radius 2 is 1.93 bits per heavy atom. The van der Waals surface area contributed by atoms with Crippen LogP contribution in [-0.4, -0.2) is 61.2 Å². The van der Waals surface area contributed by atoms with E-state index < -0.39 is 25.4 Å². The molecular weight excluding hydrogens is 587 g/mol. The minimum Gasteiger partial charge on any atom is -0.493 e. The number of fused-ring (bicyclic) bond motifs is 1. The molecule has 0 unspecified atom stereocenters. The molecule has 2 aromatic heterocycles. The van der Waals surface area contributed by atoms with Gasteiger partial charge < -0.3 is 30.5 Å². The second kappa shape index (κ2) is 14.0. The number of phosphoric acid groups is 1. The minimum absolute atomic E-state index is 0.0602. The third-order valence-corrected chi connectivity index (χ3v) is 6.76. The van der Waals surface area contributed by atoms with Crippen LogP contribution in [-0.2, 0) is 20.3 Å². The molecule has 0 saturated carbocycles. The van der Waals surface area contributed by atoms with Gasteiger partial charge in [-0.25, -0.2) is 23.3 Å². The minimum atomic E-state index is -4.47. The molecule has 43 heavy (non-hydrogen) atoms. The molecule has 230 valence electrons. The quantitative estimate of drug-likeness (QED) is 0.0828. The first-order valence-electron chi connectivity index (χ1n) is 13.3. The Hall–Kier alpha value is -4.01. The largest absolute Gasteiger partial charge is 0.493 e. The SMILES string of the molecule is CC(C)(CCOP(=O)(O)O)NCCCOc1ccc2c(Nc3cc(CC(=O)Nc4cccc(F)c4F)[nH]n3)ncnc2c1. The number of H-pyrrole nitrogens is 1. The number of carbonyl (C=O) groups is 1. The van der Waals surface area contributed by atoms with Crippen LogP contribution in [0, 0.1) is 11.6 Å². The topological polar surface area (TPSA) is 184 Å². The van der Waals surface area contributed by atoms with Crippen molar-refractivity contribution >= 4 is 42.0 Å². The van der Waals surface area contributed by atoms with Gasteiger partial charge in [0.1, 0.15) is 17.9 Å². The summed E-state index contributed by atoms with van der Waals surface area (Å²) in [7, 11) is -4.47. The summed E-state index contributed by atoms with van der Waals surface area (Å²) >= 11 is 0. The molecule has 0 saturated heterocycles. The summed E-state index contributed by atoms with van der Waals surface area (Å²) in [6, 6.07) is 10.5. The zero-order valence-electron chi connectivity index (χ0n) is 23.4. The molecule has 0 aliphatic carbocycles. The van der Waals surface area contributed by atoms with Gasteiger partial charge in [-0.05, 0) is 57.5 Å². The summed E-state index contributed by atoms with van der Waals surface area (Å²) in [5, 5.41) is 16.3. The van der Waals surface area contributed by atoms with Gasteiger partial charge >= 0.3 is 7.82 Å². The van der Waals surface area contributed by atoms with Gasteiger partial charge in [0.15, 0.2) is 17.5 Å². The van der Waals surface area contributed by atoms with Gasteiger partial charge in [0, 0.05) is 28.8 Å². The Kier molecular flexibility index (Phi) is 10.4. The van der Waals surface area contributed by atoms with E-state index in [-0.39, 0.29) is 24.3 Å². The van der Waals surface area contributed by atoms with E-state index in [1.807, 2.05) is 19.9 Å². The van der Waals surface area contributed by atoms with Crippen molar-refractivity contribution in [1.29, 1.82) is 0 Å². The Balaban J connectivity index is 1.27. The number of aromatic nitrogens is 4. The lowest BCUT2D eigenvalue weighted by Crippen LogP contribution is -2.41. The molecule has 0 bridgehead atoms. The van der Waals surface area contributed by atoms with Crippen molar-refractivity contribution in [3.8, 4) is 5.75 Å². The van der Waals surface area contributed by atoms with Crippen molar-refractivity contribution in [1.82, 2.24) is 25.5 Å². The van der Waals surface area contributed by atoms with E-state index in [0.29, 0.717) is 60.0 Å². The highest BCUT2D eigenvalue weighted by atomic mass is 31.2. The van der Waals surface area contributed by atoms with Crippen LogP contribution in [0.5, 0.6) is 5.75 Å². The third kappa shape index (κ3) is 9.76. The summed E-state index contributed by atoms with van der Waals surface area (Å²) in [5.74, 6) is -1.24. The lowest BCUT2D eigenvalue weighted by Gasteiger charge is -2.26. The van der Waals surface area contributed by atoms with Gasteiger partial charge in [-0.3, -0.25) is 14.4 Å². The van der Waals surface area contributed by atoms with Gasteiger partial charge in [0.05, 0.1) is 30.8 Å². The van der Waals surface area contributed by atoms with Crippen LogP contribution in [0.15, 0.2) is 48.8 Å². The number of hydrogen-bond donors (Lipinski definition) is 6. The van der Waals surface area contributed by atoms with Crippen molar-refractivity contribution in [3.05, 3.63) is 66.1 Å². The predicted molar refractivity (Wildman–Crippen MR) is 155 cm³/mol. The number of nitrogens with one attached hydrogen (secondary N) is 4. The lowest BCUT2D eigenvalue weighted by atomic mass is 10.0. The van der Waals surface area contributed by atoms with E-state index in [1.165, 1.54) is 18.5 Å². The second-order valence-electron chi connectivity index (χ2n) is 10.2. The van der Waals surface area contributed by atoms with Crippen LogP contribution in [0.3, 0.4) is 0 Å². The highest BCUT2D eigenvalue weighted by molar-refractivity contribution is 7.46. The van der Waals surface area contributed by atoms with Gasteiger partial charge in [-0.1, -0.05) is 6.07 Å². The first-order chi connectivity index (χ1) is 20.4. The molecule has 4 aromatic rings. The fraction of sp³-hybridized carbons (Fsp3) is 0.333. The van der Waals surface area contributed by atoms with E-state index in [2.05, 4.69) is 40.6 Å². The number of amides is 1. The van der Waals surface area contributed by atoms with Crippen LogP contribution < -0.4 is 20.7 Å². The van der Waals surface area contributed by atoms with E-state index in [9.17, 15) is 18.1 Å². The number of halogens is 2. The molecule has 1 amide bonds. The number of carbonyl (C=O) groups excluding carboxylic acids is 1. The van der Waals surface area contributed by atoms with Gasteiger partial charge in [0.25, 0.3) is 0 Å². The summed E-state index contributed by atoms with van der Waals surface area (Å²) in [6.45, 7) is 4.84. The Morgan fingerprint density at radius 3 is 2.72 bits per heavy atom. The van der Waals surface area contributed by atoms with Gasteiger partial charge in [-0.15, -0.1) is 0 Å². The van der Waals surface area contributed by atoms with Crippen LogP contribution >= 0.6 is 7.82 Å². The molecule has 13 nitrogen and oxygen atoms in total. The lowest BCUT2D eigenvalue weighted by molar-refractivity contribution is -0.115. The Morgan fingerprint density at radius 1 is 1.12 bits per heavy atom. The van der Waals surface area contributed by atoms with Crippen molar-refractivity contribution in [2.45, 2.75) is 38.6 Å². The molecule has 0 aliphatic rings. The summed E-state index contributed by atoms with van der Waals surface area (Å²) in [5.41, 5.74) is 0.454. The fourth-order valence-electron chi connectivity index (χ4n) is 4.03. The average Bonchev–Trinajstić information content (AvgIpc) is 3.36. The molecule has 0 spiro atoms. The van der Waals surface area contributed by atoms with Crippen LogP contribution in [0.1, 0.15) is 32.4 Å². The average molecular weight is 620 g/mol. The highest BCUT2D eigenvalue weighted by Crippen LogP contribution is 2.36. The molecule has 6 N–H and O–H groups in total. The predicted octanol–water partition coefficient (Wildman–Crippen LogP) is 4.19. The van der Waals surface area contributed by atoms with E-state index in [0.717, 1.165) is 6.07 Å². The fourth-order valence-corrected chi connectivity index (χ4v) is 4.36. The number of nitrogens with zero attached hydrogens (tertiary/aromatic N) is 3. The van der Waals surface area contributed by atoms with Crippen molar-refractivity contribution < 1.29 is 37.2 Å². The Labute approximate surface area is 245 Å². The molecule has 2 heterocycles. The maximum absolute atomic E-state index is 13.8. The first kappa shape index (κ1) is 31.9. The molecule has 4 rings (SSSR count). The molecule has 16 heteroatoms. The smallest absolute Gasteiger partial charge is 0.469 e. The number of ether oxygens (including phenoxy) is 1. The zero-order chi connectivity index (χ0) is 31.0. The maximum Gasteiger partial charge on any atom is 0.469 e. The van der Waals surface area contributed by atoms with E-state index in [4.69, 9.17) is 14.5 Å². The van der Waals surface area contributed by atoms with Crippen LogP contribution in [0.4, 0.5) is 26.1 Å². The molecule has 2 aromatic carbocycles. The monoisotopic (exact) mass is 619 g/mol. The number of hydrogen-bond acceptors (Lipinski definition) is 9. The molecule has 0 radical (unpaired) electrons. The van der Waals surface area contributed by atoms with Gasteiger partial charge in [0.2, 0.25) is 5.91 Å². The number of rotatable bonds is 15. The first-order valence-corrected chi connectivity index (χ1v) is 14.8. The summed E-state index contributed by atoms with van der Waals surface area (Å²) in [4.78, 5) is 38.5. The van der Waals surface area contributed by atoms with Crippen molar-refractivity contribution in [2.24, 2.45) is 0 Å². The van der Waals surface area contributed by atoms with E-state index >= 15 is 0 Å². The number of anilines is 3. The second-order valence-corrected chi connectivity index (χ2v) is 11.5. The summed E-state index contributed by atoms with van der Waals surface area (Å²) < 4.78 is 48.4. The third-order valence-electron chi connectivity index (χ3n) is 6.24. The number of aromatic amines is 1. The van der Waals surface area contributed by atoms with Crippen molar-refractivity contribution in [3.63, 3.8) is 0 Å². The molecular formula is C27H32F2N7O6P. The van der Waals surface area contributed by atoms with Gasteiger partial charge in [-0.2, -0.15) is 5.10 Å². The molecule has 0 aliphatic heterocycles. The van der Waals surface area contributed by atoms with E-state index in [1.54, 1.807) is 18.2 Å². The molecule has 0 fully saturated rings. The summed E-state index contributed by atoms with van der Waals surface area (Å²) in [6.07, 6.45) is 2.36. The standard InChI is InChI=1S/C27H32F2N7O6P/c1-27(2,9-12-42-43(38,39)40)32-10-4-11-41-18-7-8-19-22(15-18)30-16-31-26(19)34-23-13-17(35-36-23)14-24(37)33-21-6-3-5-20(28)25(21)29/h3,5-8,13,15-16,32H,4,9-12,14H2,1-2H3,(H,33,37)(H2,38,39,40)(H2,30,31,34,35,36). The Bertz CT molecular complexity index is 1610.